The van der Waals surface area contributed by atoms with Crippen LogP contribution >= 0.6 is 0 Å². The zero-order chi connectivity index (χ0) is 37.8. The topological polar surface area (TPSA) is 6.48 Å². The zero-order valence-corrected chi connectivity index (χ0v) is 32.0. The van der Waals surface area contributed by atoms with Crippen molar-refractivity contribution < 1.29 is 0 Å². The van der Waals surface area contributed by atoms with Gasteiger partial charge in [-0.3, -0.25) is 0 Å². The normalized spacial score (nSPS) is 11.8. The van der Waals surface area contributed by atoms with Crippen LogP contribution in [0.25, 0.3) is 27.1 Å². The summed E-state index contributed by atoms with van der Waals surface area (Å²) in [5.41, 5.74) is 11.1. The van der Waals surface area contributed by atoms with Crippen LogP contribution in [0, 0.1) is 13.8 Å². The Bertz CT molecular complexity index is 2440. The van der Waals surface area contributed by atoms with E-state index in [0.717, 1.165) is 12.8 Å². The Morgan fingerprint density at radius 3 is 1.55 bits per heavy atom. The molecule has 55 heavy (non-hydrogen) atoms. The number of hydrogen-bond acceptors (Lipinski definition) is 2. The number of aryl methyl sites for hydroxylation is 2. The fourth-order valence-corrected chi connectivity index (χ4v) is 6.91. The second-order valence-corrected chi connectivity index (χ2v) is 13.9. The third-order valence-electron chi connectivity index (χ3n) is 9.95. The van der Waals surface area contributed by atoms with Crippen molar-refractivity contribution in [3.8, 4) is 0 Å². The fraction of sp³-hybridized carbons (Fsp3) is 0.0943. The van der Waals surface area contributed by atoms with Crippen molar-refractivity contribution in [2.24, 2.45) is 0 Å². The van der Waals surface area contributed by atoms with Gasteiger partial charge >= 0.3 is 0 Å². The maximum atomic E-state index is 2.33. The number of anilines is 5. The van der Waals surface area contributed by atoms with E-state index in [0.29, 0.717) is 0 Å². The largest absolute Gasteiger partial charge is 0.344 e. The van der Waals surface area contributed by atoms with E-state index < -0.39 is 0 Å². The predicted octanol–water partition coefficient (Wildman–Crippen LogP) is 15.0. The standard InChI is InChI=1S/C25H23N.C18H17N.C10H8/c1-20-15-17-24(18-16-20)26(23-12-6-3-7-13-23)25-14-8-11-22(19-25)21-9-4-2-5-10-21;1-14-10-12-16(13-11-14)19(2)18-9-5-7-15-6-3-4-8-17(15)18;1-2-6-10-8-4-3-7-9(10)5-1/h3-4,6-19H,2,5H2,1H3;3-13H,1-2H3;1-8H. The first-order chi connectivity index (χ1) is 27.0. The average Bonchev–Trinajstić information content (AvgIpc) is 3.26. The van der Waals surface area contributed by atoms with Gasteiger partial charge in [-0.15, -0.1) is 0 Å². The zero-order valence-electron chi connectivity index (χ0n) is 32.0. The first-order valence-corrected chi connectivity index (χ1v) is 19.1. The van der Waals surface area contributed by atoms with Gasteiger partial charge in [0.05, 0.1) is 0 Å². The Kier molecular flexibility index (Phi) is 12.0. The molecule has 0 aliphatic heterocycles. The molecule has 0 N–H and O–H groups in total. The van der Waals surface area contributed by atoms with E-state index in [1.807, 2.05) is 0 Å². The Morgan fingerprint density at radius 1 is 0.418 bits per heavy atom. The summed E-state index contributed by atoms with van der Waals surface area (Å²) in [6, 6.07) is 68.4. The van der Waals surface area contributed by atoms with Crippen molar-refractivity contribution in [1.82, 2.24) is 0 Å². The number of benzene rings is 8. The van der Waals surface area contributed by atoms with E-state index in [9.17, 15) is 0 Å². The van der Waals surface area contributed by atoms with E-state index in [4.69, 9.17) is 0 Å². The van der Waals surface area contributed by atoms with Gasteiger partial charge in [-0.05, 0) is 109 Å². The number of para-hydroxylation sites is 1. The molecule has 270 valence electrons. The molecule has 0 bridgehead atoms. The molecule has 2 heteroatoms. The molecular weight excluding hydrogens is 665 g/mol. The summed E-state index contributed by atoms with van der Waals surface area (Å²) in [4.78, 5) is 4.55. The van der Waals surface area contributed by atoms with E-state index in [1.165, 1.54) is 72.2 Å². The maximum Gasteiger partial charge on any atom is 0.0487 e. The van der Waals surface area contributed by atoms with Gasteiger partial charge in [0.15, 0.2) is 0 Å². The number of allylic oxidation sites excluding steroid dienone is 4. The molecule has 0 saturated carbocycles. The number of fused-ring (bicyclic) bond motifs is 2. The lowest BCUT2D eigenvalue weighted by atomic mass is 9.99. The maximum absolute atomic E-state index is 2.33. The van der Waals surface area contributed by atoms with Crippen molar-refractivity contribution in [3.05, 3.63) is 229 Å². The Morgan fingerprint density at radius 2 is 0.927 bits per heavy atom. The summed E-state index contributed by atoms with van der Waals surface area (Å²) in [6.07, 6.45) is 9.09. The summed E-state index contributed by atoms with van der Waals surface area (Å²) < 4.78 is 0. The number of rotatable bonds is 6. The second-order valence-electron chi connectivity index (χ2n) is 13.9. The van der Waals surface area contributed by atoms with Gasteiger partial charge in [0.2, 0.25) is 0 Å². The summed E-state index contributed by atoms with van der Waals surface area (Å²) >= 11 is 0. The minimum Gasteiger partial charge on any atom is -0.344 e. The molecule has 0 heterocycles. The molecule has 2 nitrogen and oxygen atoms in total. The molecule has 8 aromatic rings. The van der Waals surface area contributed by atoms with Crippen molar-refractivity contribution in [3.63, 3.8) is 0 Å². The summed E-state index contributed by atoms with van der Waals surface area (Å²) in [6.45, 7) is 4.24. The van der Waals surface area contributed by atoms with Crippen LogP contribution in [-0.2, 0) is 0 Å². The fourth-order valence-electron chi connectivity index (χ4n) is 6.91. The Hall–Kier alpha value is -6.64. The molecule has 9 rings (SSSR count). The second kappa shape index (κ2) is 17.9. The lowest BCUT2D eigenvalue weighted by Crippen LogP contribution is -2.10. The minimum atomic E-state index is 1.12. The first-order valence-electron chi connectivity index (χ1n) is 19.1. The number of hydrogen-bond donors (Lipinski definition) is 0. The molecule has 8 aromatic carbocycles. The third-order valence-corrected chi connectivity index (χ3v) is 9.95. The van der Waals surface area contributed by atoms with E-state index in [1.54, 1.807) is 0 Å². The lowest BCUT2D eigenvalue weighted by molar-refractivity contribution is 1.04. The van der Waals surface area contributed by atoms with E-state index in [2.05, 4.69) is 243 Å². The van der Waals surface area contributed by atoms with Gasteiger partial charge in [-0.25, -0.2) is 0 Å². The highest BCUT2D eigenvalue weighted by Gasteiger charge is 2.13. The predicted molar refractivity (Wildman–Crippen MR) is 239 cm³/mol. The molecule has 0 spiro atoms. The molecule has 0 fully saturated rings. The van der Waals surface area contributed by atoms with E-state index in [-0.39, 0.29) is 0 Å². The molecule has 0 radical (unpaired) electrons. The van der Waals surface area contributed by atoms with Crippen molar-refractivity contribution in [2.45, 2.75) is 26.7 Å². The summed E-state index contributed by atoms with van der Waals surface area (Å²) in [7, 11) is 2.12. The van der Waals surface area contributed by atoms with Crippen LogP contribution in [-0.4, -0.2) is 7.05 Å². The molecule has 1 aliphatic carbocycles. The lowest BCUT2D eigenvalue weighted by Gasteiger charge is -2.26. The van der Waals surface area contributed by atoms with Crippen LogP contribution in [0.2, 0.25) is 0 Å². The Balaban J connectivity index is 0.000000139. The van der Waals surface area contributed by atoms with Crippen molar-refractivity contribution in [2.75, 3.05) is 16.8 Å². The monoisotopic (exact) mass is 712 g/mol. The molecule has 0 unspecified atom stereocenters. The number of nitrogens with zero attached hydrogens (tertiary/aromatic N) is 2. The van der Waals surface area contributed by atoms with Gasteiger partial charge in [0.1, 0.15) is 0 Å². The van der Waals surface area contributed by atoms with Crippen LogP contribution in [0.1, 0.15) is 29.5 Å². The highest BCUT2D eigenvalue weighted by molar-refractivity contribution is 5.96. The minimum absolute atomic E-state index is 1.12. The van der Waals surface area contributed by atoms with Gasteiger partial charge in [0, 0.05) is 40.9 Å². The van der Waals surface area contributed by atoms with Crippen molar-refractivity contribution >= 4 is 55.6 Å². The highest BCUT2D eigenvalue weighted by Crippen LogP contribution is 2.36. The van der Waals surface area contributed by atoms with Gasteiger partial charge in [0.25, 0.3) is 0 Å². The Labute approximate surface area is 327 Å². The van der Waals surface area contributed by atoms with Gasteiger partial charge < -0.3 is 9.80 Å². The molecule has 0 amide bonds. The molecular formula is C53H48N2. The molecule has 0 saturated heterocycles. The average molecular weight is 713 g/mol. The van der Waals surface area contributed by atoms with E-state index >= 15 is 0 Å². The summed E-state index contributed by atoms with van der Waals surface area (Å²) in [5.74, 6) is 0. The molecule has 0 atom stereocenters. The third kappa shape index (κ3) is 9.30. The van der Waals surface area contributed by atoms with Crippen LogP contribution in [0.15, 0.2) is 212 Å². The first kappa shape index (κ1) is 36.7. The van der Waals surface area contributed by atoms with Gasteiger partial charge in [-0.1, -0.05) is 169 Å². The van der Waals surface area contributed by atoms with Gasteiger partial charge in [-0.2, -0.15) is 0 Å². The molecule has 1 aliphatic rings. The SMILES string of the molecule is Cc1ccc(N(C)c2cccc3ccccc23)cc1.Cc1ccc(N(c2ccccc2)c2cccc(C3=CCCC=C3)c2)cc1.c1ccc2ccccc2c1. The smallest absolute Gasteiger partial charge is 0.0487 e. The molecule has 0 aromatic heterocycles. The van der Waals surface area contributed by atoms with Crippen LogP contribution < -0.4 is 9.80 Å². The van der Waals surface area contributed by atoms with Crippen LogP contribution in [0.5, 0.6) is 0 Å². The van der Waals surface area contributed by atoms with Crippen molar-refractivity contribution in [1.29, 1.82) is 0 Å². The highest BCUT2D eigenvalue weighted by atomic mass is 15.1. The quantitative estimate of drug-likeness (QED) is 0.169. The van der Waals surface area contributed by atoms with Crippen LogP contribution in [0.3, 0.4) is 0 Å². The summed E-state index contributed by atoms with van der Waals surface area (Å²) in [5, 5.41) is 5.18. The van der Waals surface area contributed by atoms with Crippen LogP contribution in [0.4, 0.5) is 28.4 Å².